The van der Waals surface area contributed by atoms with Crippen molar-refractivity contribution in [3.05, 3.63) is 41.9 Å². The molecule has 0 aliphatic rings. The third kappa shape index (κ3) is 3.17. The molecular formula is C13H17N3O3S. The third-order valence-corrected chi connectivity index (χ3v) is 3.64. The van der Waals surface area contributed by atoms with Gasteiger partial charge in [-0.25, -0.2) is 18.5 Å². The van der Waals surface area contributed by atoms with E-state index in [1.165, 1.54) is 6.20 Å². The number of imidazole rings is 1. The summed E-state index contributed by atoms with van der Waals surface area (Å²) in [6, 6.07) is 7.60. The van der Waals surface area contributed by atoms with Crippen LogP contribution in [0.25, 0.3) is 0 Å². The molecule has 1 aromatic carbocycles. The Kier molecular flexibility index (Phi) is 4.10. The van der Waals surface area contributed by atoms with Gasteiger partial charge < -0.3 is 9.30 Å². The number of benzene rings is 1. The number of aryl methyl sites for hydroxylation is 1. The summed E-state index contributed by atoms with van der Waals surface area (Å²) in [6.45, 7) is 2.48. The third-order valence-electron chi connectivity index (χ3n) is 2.86. The number of hydrogen-bond acceptors (Lipinski definition) is 4. The lowest BCUT2D eigenvalue weighted by molar-refractivity contribution is 0.337. The minimum absolute atomic E-state index is 0.121. The first-order chi connectivity index (χ1) is 9.41. The summed E-state index contributed by atoms with van der Waals surface area (Å²) in [6.07, 6.45) is 1.89. The summed E-state index contributed by atoms with van der Waals surface area (Å²) in [4.78, 5) is 4.07. The van der Waals surface area contributed by atoms with Gasteiger partial charge in [0.1, 0.15) is 11.6 Å². The number of para-hydroxylation sites is 1. The van der Waals surface area contributed by atoms with Crippen molar-refractivity contribution in [2.75, 3.05) is 6.61 Å². The van der Waals surface area contributed by atoms with Crippen molar-refractivity contribution in [1.82, 2.24) is 9.55 Å². The molecule has 2 N–H and O–H groups in total. The molecule has 0 aliphatic carbocycles. The molecule has 1 heterocycles. The van der Waals surface area contributed by atoms with Gasteiger partial charge in [0, 0.05) is 25.2 Å². The molecule has 0 saturated heterocycles. The zero-order valence-corrected chi connectivity index (χ0v) is 12.2. The Labute approximate surface area is 118 Å². The molecule has 0 fully saturated rings. The summed E-state index contributed by atoms with van der Waals surface area (Å²) in [7, 11) is -2.04. The van der Waals surface area contributed by atoms with E-state index >= 15 is 0 Å². The van der Waals surface area contributed by atoms with Crippen LogP contribution in [0.1, 0.15) is 18.3 Å². The average Bonchev–Trinajstić information content (AvgIpc) is 2.74. The number of rotatable bonds is 5. The molecule has 0 atom stereocenters. The topological polar surface area (TPSA) is 87.2 Å². The van der Waals surface area contributed by atoms with Crippen molar-refractivity contribution in [2.24, 2.45) is 12.2 Å². The summed E-state index contributed by atoms with van der Waals surface area (Å²) < 4.78 is 29.8. The molecular weight excluding hydrogens is 278 g/mol. The number of ether oxygens (including phenoxy) is 1. The lowest BCUT2D eigenvalue weighted by atomic mass is 10.1. The van der Waals surface area contributed by atoms with Crippen LogP contribution in [0.15, 0.2) is 35.5 Å². The first-order valence-electron chi connectivity index (χ1n) is 6.17. The maximum Gasteiger partial charge on any atom is 0.257 e. The molecule has 108 valence electrons. The second-order valence-electron chi connectivity index (χ2n) is 4.37. The van der Waals surface area contributed by atoms with Gasteiger partial charge in [0.25, 0.3) is 10.0 Å². The number of hydrogen-bond donors (Lipinski definition) is 1. The minimum atomic E-state index is -3.78. The monoisotopic (exact) mass is 295 g/mol. The van der Waals surface area contributed by atoms with E-state index in [2.05, 4.69) is 4.98 Å². The van der Waals surface area contributed by atoms with Crippen molar-refractivity contribution >= 4 is 10.0 Å². The smallest absolute Gasteiger partial charge is 0.257 e. The van der Waals surface area contributed by atoms with Gasteiger partial charge in [-0.05, 0) is 13.0 Å². The van der Waals surface area contributed by atoms with Crippen LogP contribution in [0.3, 0.4) is 0 Å². The number of sulfonamides is 1. The Balaban J connectivity index is 2.33. The maximum atomic E-state index is 11.3. The van der Waals surface area contributed by atoms with Crippen LogP contribution in [0, 0.1) is 0 Å². The normalized spacial score (nSPS) is 11.6. The zero-order valence-electron chi connectivity index (χ0n) is 11.4. The Morgan fingerprint density at radius 1 is 1.35 bits per heavy atom. The van der Waals surface area contributed by atoms with E-state index in [1.807, 2.05) is 31.2 Å². The predicted molar refractivity (Wildman–Crippen MR) is 75.0 cm³/mol. The van der Waals surface area contributed by atoms with Gasteiger partial charge >= 0.3 is 0 Å². The Bertz CT molecular complexity index is 707. The summed E-state index contributed by atoms with van der Waals surface area (Å²) >= 11 is 0. The minimum Gasteiger partial charge on any atom is -0.494 e. The van der Waals surface area contributed by atoms with Crippen LogP contribution in [-0.4, -0.2) is 24.6 Å². The highest BCUT2D eigenvalue weighted by Gasteiger charge is 2.16. The molecule has 0 unspecified atom stereocenters. The van der Waals surface area contributed by atoms with E-state index in [-0.39, 0.29) is 5.03 Å². The first-order valence-corrected chi connectivity index (χ1v) is 7.72. The fraction of sp³-hybridized carbons (Fsp3) is 0.308. The molecule has 20 heavy (non-hydrogen) atoms. The SMILES string of the molecule is CCOc1ccccc1Cc1nc(S(N)(=O)=O)cn1C. The molecule has 6 nitrogen and oxygen atoms in total. The largest absolute Gasteiger partial charge is 0.494 e. The Morgan fingerprint density at radius 2 is 2.05 bits per heavy atom. The molecule has 0 radical (unpaired) electrons. The van der Waals surface area contributed by atoms with Gasteiger partial charge in [-0.3, -0.25) is 0 Å². The molecule has 1 aromatic heterocycles. The van der Waals surface area contributed by atoms with Crippen LogP contribution in [-0.2, 0) is 23.5 Å². The van der Waals surface area contributed by atoms with E-state index in [9.17, 15) is 8.42 Å². The average molecular weight is 295 g/mol. The molecule has 2 rings (SSSR count). The van der Waals surface area contributed by atoms with Gasteiger partial charge in [-0.2, -0.15) is 0 Å². The quantitative estimate of drug-likeness (QED) is 0.893. The summed E-state index contributed by atoms with van der Waals surface area (Å²) in [5.41, 5.74) is 0.948. The highest BCUT2D eigenvalue weighted by molar-refractivity contribution is 7.89. The summed E-state index contributed by atoms with van der Waals surface area (Å²) in [5.74, 6) is 1.39. The number of primary sulfonamides is 1. The van der Waals surface area contributed by atoms with E-state index in [0.29, 0.717) is 18.9 Å². The Morgan fingerprint density at radius 3 is 2.65 bits per heavy atom. The lowest BCUT2D eigenvalue weighted by Crippen LogP contribution is -2.12. The highest BCUT2D eigenvalue weighted by Crippen LogP contribution is 2.21. The van der Waals surface area contributed by atoms with Crippen LogP contribution in [0.5, 0.6) is 5.75 Å². The molecule has 7 heteroatoms. The van der Waals surface area contributed by atoms with Crippen molar-refractivity contribution < 1.29 is 13.2 Å². The van der Waals surface area contributed by atoms with Crippen LogP contribution in [0.2, 0.25) is 0 Å². The molecule has 0 spiro atoms. The van der Waals surface area contributed by atoms with E-state index < -0.39 is 10.0 Å². The molecule has 0 bridgehead atoms. The number of nitrogens with zero attached hydrogens (tertiary/aromatic N) is 2. The van der Waals surface area contributed by atoms with E-state index in [0.717, 1.165) is 11.3 Å². The number of nitrogens with two attached hydrogens (primary N) is 1. The van der Waals surface area contributed by atoms with E-state index in [1.54, 1.807) is 11.6 Å². The van der Waals surface area contributed by atoms with Crippen LogP contribution < -0.4 is 9.88 Å². The Hall–Kier alpha value is -1.86. The van der Waals surface area contributed by atoms with Crippen LogP contribution in [0.4, 0.5) is 0 Å². The first kappa shape index (κ1) is 14.5. The van der Waals surface area contributed by atoms with Gasteiger partial charge in [-0.1, -0.05) is 18.2 Å². The van der Waals surface area contributed by atoms with E-state index in [4.69, 9.17) is 9.88 Å². The fourth-order valence-electron chi connectivity index (χ4n) is 1.89. The standard InChI is InChI=1S/C13H17N3O3S/c1-3-19-11-7-5-4-6-10(11)8-12-15-13(9-16(12)2)20(14,17)18/h4-7,9H,3,8H2,1-2H3,(H2,14,17,18). The van der Waals surface area contributed by atoms with Crippen molar-refractivity contribution in [3.63, 3.8) is 0 Å². The maximum absolute atomic E-state index is 11.3. The van der Waals surface area contributed by atoms with Gasteiger partial charge in [-0.15, -0.1) is 0 Å². The highest BCUT2D eigenvalue weighted by atomic mass is 32.2. The van der Waals surface area contributed by atoms with Gasteiger partial charge in [0.05, 0.1) is 6.61 Å². The second-order valence-corrected chi connectivity index (χ2v) is 5.88. The molecule has 0 saturated carbocycles. The fourth-order valence-corrected chi connectivity index (χ4v) is 2.43. The second kappa shape index (κ2) is 5.64. The van der Waals surface area contributed by atoms with Gasteiger partial charge in [0.2, 0.25) is 0 Å². The number of aromatic nitrogens is 2. The van der Waals surface area contributed by atoms with Crippen molar-refractivity contribution in [1.29, 1.82) is 0 Å². The predicted octanol–water partition coefficient (Wildman–Crippen LogP) is 1.06. The van der Waals surface area contributed by atoms with Crippen LogP contribution >= 0.6 is 0 Å². The van der Waals surface area contributed by atoms with Gasteiger partial charge in [0.15, 0.2) is 5.03 Å². The van der Waals surface area contributed by atoms with Crippen molar-refractivity contribution in [2.45, 2.75) is 18.4 Å². The molecule has 0 aliphatic heterocycles. The molecule has 2 aromatic rings. The lowest BCUT2D eigenvalue weighted by Gasteiger charge is -2.09. The zero-order chi connectivity index (χ0) is 14.8. The summed E-state index contributed by atoms with van der Waals surface area (Å²) in [5, 5.41) is 4.96. The van der Waals surface area contributed by atoms with Crippen molar-refractivity contribution in [3.8, 4) is 5.75 Å². The molecule has 0 amide bonds.